The van der Waals surface area contributed by atoms with Gasteiger partial charge in [-0.1, -0.05) is 12.1 Å². The van der Waals surface area contributed by atoms with Crippen molar-refractivity contribution in [2.45, 2.75) is 13.0 Å². The van der Waals surface area contributed by atoms with E-state index in [2.05, 4.69) is 0 Å². The minimum Gasteiger partial charge on any atom is -0.380 e. The molecule has 2 rings (SSSR count). The lowest BCUT2D eigenvalue weighted by molar-refractivity contribution is -0.131. The number of carbonyl (C=O) groups is 2. The fraction of sp³-hybridized carbons (Fsp3) is 0.438. The highest BCUT2D eigenvalue weighted by Gasteiger charge is 2.24. The second kappa shape index (κ2) is 7.57. The van der Waals surface area contributed by atoms with E-state index in [1.807, 2.05) is 24.3 Å². The maximum atomic E-state index is 12.5. The van der Waals surface area contributed by atoms with E-state index >= 15 is 0 Å². The van der Waals surface area contributed by atoms with Crippen molar-refractivity contribution in [3.05, 3.63) is 35.4 Å². The Hall–Kier alpha value is -2.39. The van der Waals surface area contributed by atoms with Crippen molar-refractivity contribution in [3.8, 4) is 6.07 Å². The van der Waals surface area contributed by atoms with Crippen molar-refractivity contribution in [2.24, 2.45) is 0 Å². The Morgan fingerprint density at radius 1 is 1.23 bits per heavy atom. The fourth-order valence-electron chi connectivity index (χ4n) is 2.48. The smallest absolute Gasteiger partial charge is 0.253 e. The molecule has 22 heavy (non-hydrogen) atoms. The van der Waals surface area contributed by atoms with Crippen LogP contribution in [0.4, 0.5) is 0 Å². The van der Waals surface area contributed by atoms with E-state index in [-0.39, 0.29) is 18.2 Å². The van der Waals surface area contributed by atoms with Crippen LogP contribution in [0.1, 0.15) is 22.3 Å². The predicted octanol–water partition coefficient (Wildman–Crippen LogP) is 1.03. The van der Waals surface area contributed by atoms with Gasteiger partial charge in [0, 0.05) is 38.9 Å². The molecule has 6 nitrogen and oxygen atoms in total. The first kappa shape index (κ1) is 16.0. The monoisotopic (exact) mass is 301 g/mol. The first-order chi connectivity index (χ1) is 10.7. The molecule has 0 N–H and O–H groups in total. The molecule has 0 radical (unpaired) electrons. The van der Waals surface area contributed by atoms with E-state index in [1.54, 1.807) is 23.0 Å². The van der Waals surface area contributed by atoms with Crippen LogP contribution in [-0.2, 0) is 16.1 Å². The van der Waals surface area contributed by atoms with Crippen LogP contribution < -0.4 is 0 Å². The zero-order valence-corrected chi connectivity index (χ0v) is 12.6. The summed E-state index contributed by atoms with van der Waals surface area (Å²) in [5.41, 5.74) is 1.59. The van der Waals surface area contributed by atoms with Gasteiger partial charge in [-0.3, -0.25) is 9.59 Å². The number of piperazine rings is 1. The van der Waals surface area contributed by atoms with Crippen molar-refractivity contribution >= 4 is 11.8 Å². The van der Waals surface area contributed by atoms with Gasteiger partial charge in [-0.2, -0.15) is 5.26 Å². The van der Waals surface area contributed by atoms with E-state index in [0.717, 1.165) is 5.56 Å². The molecule has 1 fully saturated rings. The van der Waals surface area contributed by atoms with Gasteiger partial charge in [-0.05, 0) is 17.7 Å². The van der Waals surface area contributed by atoms with Crippen LogP contribution in [0.15, 0.2) is 24.3 Å². The van der Waals surface area contributed by atoms with Crippen LogP contribution in [0.25, 0.3) is 0 Å². The van der Waals surface area contributed by atoms with Crippen molar-refractivity contribution in [1.82, 2.24) is 9.80 Å². The molecule has 1 aliphatic heterocycles. The van der Waals surface area contributed by atoms with Crippen LogP contribution in [0.3, 0.4) is 0 Å². The molecule has 2 amide bonds. The summed E-state index contributed by atoms with van der Waals surface area (Å²) >= 11 is 0. The van der Waals surface area contributed by atoms with Gasteiger partial charge in [0.25, 0.3) is 5.91 Å². The summed E-state index contributed by atoms with van der Waals surface area (Å²) < 4.78 is 5.08. The highest BCUT2D eigenvalue weighted by Crippen LogP contribution is 2.12. The molecule has 0 aromatic heterocycles. The molecule has 0 saturated carbocycles. The number of amides is 2. The Labute approximate surface area is 129 Å². The number of hydrogen-bond acceptors (Lipinski definition) is 4. The van der Waals surface area contributed by atoms with Gasteiger partial charge in [0.1, 0.15) is 6.42 Å². The lowest BCUT2D eigenvalue weighted by atomic mass is 10.1. The van der Waals surface area contributed by atoms with E-state index in [1.165, 1.54) is 0 Å². The summed E-state index contributed by atoms with van der Waals surface area (Å²) in [4.78, 5) is 27.5. The second-order valence-corrected chi connectivity index (χ2v) is 5.14. The quantitative estimate of drug-likeness (QED) is 0.832. The van der Waals surface area contributed by atoms with E-state index in [4.69, 9.17) is 10.00 Å². The number of carbonyl (C=O) groups excluding carboxylic acids is 2. The number of methoxy groups -OCH3 is 1. The third-order valence-electron chi connectivity index (χ3n) is 3.63. The third-order valence-corrected chi connectivity index (χ3v) is 3.63. The Bertz CT molecular complexity index is 587. The van der Waals surface area contributed by atoms with Crippen molar-refractivity contribution in [2.75, 3.05) is 33.3 Å². The third kappa shape index (κ3) is 3.83. The molecule has 1 saturated heterocycles. The average molecular weight is 301 g/mol. The number of nitriles is 1. The lowest BCUT2D eigenvalue weighted by Crippen LogP contribution is -2.50. The molecular formula is C16H19N3O3. The van der Waals surface area contributed by atoms with E-state index in [9.17, 15) is 9.59 Å². The standard InChI is InChI=1S/C16H19N3O3/c1-22-12-13-3-2-4-14(11-13)16(21)19-9-7-18(8-10-19)15(20)5-6-17/h2-4,11H,5,7-10,12H2,1H3. The van der Waals surface area contributed by atoms with E-state index < -0.39 is 0 Å². The summed E-state index contributed by atoms with van der Waals surface area (Å²) in [5.74, 6) is -0.206. The second-order valence-electron chi connectivity index (χ2n) is 5.14. The maximum Gasteiger partial charge on any atom is 0.253 e. The lowest BCUT2D eigenvalue weighted by Gasteiger charge is -2.34. The topological polar surface area (TPSA) is 73.6 Å². The molecule has 1 aliphatic rings. The minimum absolute atomic E-state index is 0.0367. The molecule has 0 spiro atoms. The summed E-state index contributed by atoms with van der Waals surface area (Å²) in [6, 6.07) is 9.23. The van der Waals surface area contributed by atoms with Gasteiger partial charge in [0.05, 0.1) is 12.7 Å². The first-order valence-corrected chi connectivity index (χ1v) is 7.17. The number of benzene rings is 1. The van der Waals surface area contributed by atoms with E-state index in [0.29, 0.717) is 38.3 Å². The Kier molecular flexibility index (Phi) is 5.50. The largest absolute Gasteiger partial charge is 0.380 e. The molecule has 0 aliphatic carbocycles. The van der Waals surface area contributed by atoms with Crippen LogP contribution >= 0.6 is 0 Å². The van der Waals surface area contributed by atoms with Gasteiger partial charge in [0.15, 0.2) is 0 Å². The maximum absolute atomic E-state index is 12.5. The summed E-state index contributed by atoms with van der Waals surface area (Å²) in [6.07, 6.45) is -0.104. The van der Waals surface area contributed by atoms with Gasteiger partial charge in [-0.15, -0.1) is 0 Å². The Morgan fingerprint density at radius 2 is 1.91 bits per heavy atom. The number of rotatable bonds is 4. The SMILES string of the molecule is COCc1cccc(C(=O)N2CCN(C(=O)CC#N)CC2)c1. The van der Waals surface area contributed by atoms with Crippen LogP contribution in [0.2, 0.25) is 0 Å². The van der Waals surface area contributed by atoms with Gasteiger partial charge in [0.2, 0.25) is 5.91 Å². The van der Waals surface area contributed by atoms with Crippen molar-refractivity contribution < 1.29 is 14.3 Å². The summed E-state index contributed by atoms with van der Waals surface area (Å²) in [5, 5.41) is 8.55. The Balaban J connectivity index is 1.96. The average Bonchev–Trinajstić information content (AvgIpc) is 2.55. The molecular weight excluding hydrogens is 282 g/mol. The molecule has 0 unspecified atom stereocenters. The number of ether oxygens (including phenoxy) is 1. The van der Waals surface area contributed by atoms with Crippen LogP contribution in [0, 0.1) is 11.3 Å². The van der Waals surface area contributed by atoms with Crippen LogP contribution in [-0.4, -0.2) is 54.9 Å². The van der Waals surface area contributed by atoms with Gasteiger partial charge < -0.3 is 14.5 Å². The molecule has 1 aromatic rings. The molecule has 116 valence electrons. The molecule has 1 aromatic carbocycles. The molecule has 1 heterocycles. The predicted molar refractivity (Wildman–Crippen MR) is 79.9 cm³/mol. The zero-order valence-electron chi connectivity index (χ0n) is 12.6. The first-order valence-electron chi connectivity index (χ1n) is 7.17. The highest BCUT2D eigenvalue weighted by atomic mass is 16.5. The van der Waals surface area contributed by atoms with Gasteiger partial charge >= 0.3 is 0 Å². The number of hydrogen-bond donors (Lipinski definition) is 0. The molecule has 6 heteroatoms. The van der Waals surface area contributed by atoms with Crippen LogP contribution in [0.5, 0.6) is 0 Å². The molecule has 0 atom stereocenters. The van der Waals surface area contributed by atoms with Gasteiger partial charge in [-0.25, -0.2) is 0 Å². The van der Waals surface area contributed by atoms with Crippen molar-refractivity contribution in [3.63, 3.8) is 0 Å². The zero-order chi connectivity index (χ0) is 15.9. The highest BCUT2D eigenvalue weighted by molar-refractivity contribution is 5.94. The Morgan fingerprint density at radius 3 is 2.55 bits per heavy atom. The minimum atomic E-state index is -0.170. The number of nitrogens with zero attached hydrogens (tertiary/aromatic N) is 3. The molecule has 0 bridgehead atoms. The van der Waals surface area contributed by atoms with Crippen molar-refractivity contribution in [1.29, 1.82) is 5.26 Å². The fourth-order valence-corrected chi connectivity index (χ4v) is 2.48. The summed E-state index contributed by atoms with van der Waals surface area (Å²) in [7, 11) is 1.62. The normalized spacial score (nSPS) is 14.5. The summed E-state index contributed by atoms with van der Waals surface area (Å²) in [6.45, 7) is 2.40.